The third-order valence-corrected chi connectivity index (χ3v) is 5.39. The molecule has 0 bridgehead atoms. The maximum absolute atomic E-state index is 12.9. The Balaban J connectivity index is 0.000000627. The van der Waals surface area contributed by atoms with Gasteiger partial charge < -0.3 is 9.47 Å². The second kappa shape index (κ2) is 12.5. The van der Waals surface area contributed by atoms with Gasteiger partial charge in [0.15, 0.2) is 11.0 Å². The maximum atomic E-state index is 12.9. The lowest BCUT2D eigenvalue weighted by Crippen LogP contribution is -2.34. The molecule has 1 unspecified atom stereocenters. The van der Waals surface area contributed by atoms with Crippen LogP contribution in [0, 0.1) is 5.92 Å². The highest BCUT2D eigenvalue weighted by Crippen LogP contribution is 2.36. The molecule has 0 spiro atoms. The van der Waals surface area contributed by atoms with Crippen LogP contribution in [0.2, 0.25) is 0 Å². The monoisotopic (exact) mass is 419 g/mol. The van der Waals surface area contributed by atoms with E-state index in [0.717, 1.165) is 22.3 Å². The largest absolute Gasteiger partial charge is 0.497 e. The first-order valence-corrected chi connectivity index (χ1v) is 11.5. The summed E-state index contributed by atoms with van der Waals surface area (Å²) in [6, 6.07) is 13.6. The fourth-order valence-corrected chi connectivity index (χ4v) is 3.76. The van der Waals surface area contributed by atoms with E-state index in [9.17, 15) is 4.21 Å². The minimum absolute atomic E-state index is 0.467. The molecule has 1 atom stereocenters. The first kappa shape index (κ1) is 25.0. The van der Waals surface area contributed by atoms with Crippen LogP contribution in [-0.2, 0) is 11.0 Å². The molecule has 4 nitrogen and oxygen atoms in total. The third-order valence-electron chi connectivity index (χ3n) is 3.94. The van der Waals surface area contributed by atoms with Crippen molar-refractivity contribution in [3.63, 3.8) is 0 Å². The number of fused-ring (bicyclic) bond motifs is 1. The Morgan fingerprint density at radius 2 is 1.59 bits per heavy atom. The summed E-state index contributed by atoms with van der Waals surface area (Å²) in [6.07, 6.45) is 0. The van der Waals surface area contributed by atoms with Crippen molar-refractivity contribution in [2.45, 2.75) is 59.3 Å². The van der Waals surface area contributed by atoms with E-state index in [1.807, 2.05) is 60.6 Å². The SMILES string of the molecule is CC.CC(C)C.COc1ccc2c(c1)OCCN2S(=O)c1ccc(C(C)C)cc1. The molecule has 0 aliphatic carbocycles. The molecular weight excluding hydrogens is 382 g/mol. The molecule has 2 aromatic rings. The van der Waals surface area contributed by atoms with Crippen molar-refractivity contribution in [3.8, 4) is 11.5 Å². The Hall–Kier alpha value is -2.01. The summed E-state index contributed by atoms with van der Waals surface area (Å²) in [5.41, 5.74) is 2.08. The number of methoxy groups -OCH3 is 1. The van der Waals surface area contributed by atoms with Gasteiger partial charge in [-0.2, -0.15) is 0 Å². The molecule has 0 N–H and O–H groups in total. The van der Waals surface area contributed by atoms with E-state index in [1.54, 1.807) is 7.11 Å². The molecule has 0 amide bonds. The zero-order chi connectivity index (χ0) is 22.0. The number of hydrogen-bond donors (Lipinski definition) is 0. The zero-order valence-electron chi connectivity index (χ0n) is 19.2. The van der Waals surface area contributed by atoms with Crippen LogP contribution >= 0.6 is 0 Å². The van der Waals surface area contributed by atoms with Gasteiger partial charge in [-0.1, -0.05) is 60.6 Å². The van der Waals surface area contributed by atoms with Crippen LogP contribution in [0.1, 0.15) is 59.9 Å². The van der Waals surface area contributed by atoms with E-state index in [2.05, 4.69) is 34.6 Å². The Bertz CT molecular complexity index is 754. The smallest absolute Gasteiger partial charge is 0.153 e. The van der Waals surface area contributed by atoms with Gasteiger partial charge in [-0.05, 0) is 41.7 Å². The van der Waals surface area contributed by atoms with Gasteiger partial charge in [-0.25, -0.2) is 4.21 Å². The van der Waals surface area contributed by atoms with Crippen LogP contribution in [0.3, 0.4) is 0 Å². The molecule has 0 radical (unpaired) electrons. The maximum Gasteiger partial charge on any atom is 0.153 e. The molecular formula is C24H37NO3S. The fraction of sp³-hybridized carbons (Fsp3) is 0.500. The Kier molecular flexibility index (Phi) is 10.8. The number of rotatable bonds is 4. The molecule has 29 heavy (non-hydrogen) atoms. The Labute approximate surface area is 179 Å². The number of anilines is 1. The van der Waals surface area contributed by atoms with Crippen LogP contribution in [0.15, 0.2) is 47.4 Å². The molecule has 3 rings (SSSR count). The van der Waals surface area contributed by atoms with Crippen LogP contribution < -0.4 is 13.8 Å². The lowest BCUT2D eigenvalue weighted by Gasteiger charge is -2.30. The van der Waals surface area contributed by atoms with Crippen LogP contribution in [0.5, 0.6) is 11.5 Å². The van der Waals surface area contributed by atoms with E-state index in [0.29, 0.717) is 24.8 Å². The number of ether oxygens (including phenoxy) is 2. The number of nitrogens with zero attached hydrogens (tertiary/aromatic N) is 1. The van der Waals surface area contributed by atoms with E-state index in [-0.39, 0.29) is 0 Å². The Morgan fingerprint density at radius 1 is 1.00 bits per heavy atom. The molecule has 0 fully saturated rings. The molecule has 1 heterocycles. The first-order chi connectivity index (χ1) is 13.8. The van der Waals surface area contributed by atoms with Crippen molar-refractivity contribution < 1.29 is 13.7 Å². The van der Waals surface area contributed by atoms with Gasteiger partial charge in [0.2, 0.25) is 0 Å². The van der Waals surface area contributed by atoms with Crippen molar-refractivity contribution in [2.75, 3.05) is 24.6 Å². The molecule has 2 aromatic carbocycles. The fourth-order valence-electron chi connectivity index (χ4n) is 2.57. The van der Waals surface area contributed by atoms with Gasteiger partial charge in [0.05, 0.1) is 24.2 Å². The van der Waals surface area contributed by atoms with Crippen LogP contribution in [0.4, 0.5) is 5.69 Å². The predicted octanol–water partition coefficient (Wildman–Crippen LogP) is 6.43. The molecule has 1 aliphatic rings. The highest BCUT2D eigenvalue weighted by atomic mass is 32.2. The summed E-state index contributed by atoms with van der Waals surface area (Å²) in [5, 5.41) is 0. The Morgan fingerprint density at radius 3 is 2.10 bits per heavy atom. The second-order valence-electron chi connectivity index (χ2n) is 7.49. The lowest BCUT2D eigenvalue weighted by atomic mass is 10.0. The van der Waals surface area contributed by atoms with Gasteiger partial charge in [-0.3, -0.25) is 4.31 Å². The molecule has 0 saturated carbocycles. The molecule has 0 saturated heterocycles. The van der Waals surface area contributed by atoms with Gasteiger partial charge in [0.1, 0.15) is 18.1 Å². The minimum atomic E-state index is -1.25. The van der Waals surface area contributed by atoms with Crippen molar-refractivity contribution in [3.05, 3.63) is 48.0 Å². The number of hydrogen-bond acceptors (Lipinski definition) is 3. The summed E-state index contributed by atoms with van der Waals surface area (Å²) in [7, 11) is 0.373. The topological polar surface area (TPSA) is 38.8 Å². The molecule has 5 heteroatoms. The minimum Gasteiger partial charge on any atom is -0.497 e. The van der Waals surface area contributed by atoms with Crippen molar-refractivity contribution in [1.82, 2.24) is 0 Å². The first-order valence-electron chi connectivity index (χ1n) is 10.4. The summed E-state index contributed by atoms with van der Waals surface area (Å²) in [6.45, 7) is 15.9. The average Bonchev–Trinajstić information content (AvgIpc) is 2.73. The summed E-state index contributed by atoms with van der Waals surface area (Å²) < 4.78 is 25.7. The normalized spacial score (nSPS) is 13.4. The van der Waals surface area contributed by atoms with Crippen molar-refractivity contribution in [1.29, 1.82) is 0 Å². The van der Waals surface area contributed by atoms with E-state index < -0.39 is 11.0 Å². The quantitative estimate of drug-likeness (QED) is 0.573. The van der Waals surface area contributed by atoms with Crippen LogP contribution in [0.25, 0.3) is 0 Å². The summed E-state index contributed by atoms with van der Waals surface area (Å²) >= 11 is 0. The highest BCUT2D eigenvalue weighted by molar-refractivity contribution is 7.86. The van der Waals surface area contributed by atoms with Gasteiger partial charge in [0.25, 0.3) is 0 Å². The predicted molar refractivity (Wildman–Crippen MR) is 125 cm³/mol. The van der Waals surface area contributed by atoms with E-state index in [4.69, 9.17) is 9.47 Å². The number of benzene rings is 2. The summed E-state index contributed by atoms with van der Waals surface area (Å²) in [4.78, 5) is 0.804. The van der Waals surface area contributed by atoms with E-state index in [1.165, 1.54) is 5.56 Å². The van der Waals surface area contributed by atoms with Gasteiger partial charge in [-0.15, -0.1) is 0 Å². The van der Waals surface area contributed by atoms with E-state index >= 15 is 0 Å². The van der Waals surface area contributed by atoms with Gasteiger partial charge >= 0.3 is 0 Å². The molecule has 162 valence electrons. The summed E-state index contributed by atoms with van der Waals surface area (Å²) in [5.74, 6) is 2.74. The van der Waals surface area contributed by atoms with Crippen molar-refractivity contribution >= 4 is 16.7 Å². The standard InChI is InChI=1S/C18H21NO3S.C4H10.C2H6/c1-13(2)14-4-7-16(8-5-14)23(20)19-10-11-22-18-12-15(21-3)6-9-17(18)19;1-4(2)3;1-2/h4-9,12-13H,10-11H2,1-3H3;4H,1-3H3;1-2H3. The highest BCUT2D eigenvalue weighted by Gasteiger charge is 2.24. The van der Waals surface area contributed by atoms with Crippen molar-refractivity contribution in [2.24, 2.45) is 5.92 Å². The van der Waals surface area contributed by atoms with Gasteiger partial charge in [0, 0.05) is 6.07 Å². The third kappa shape index (κ3) is 7.39. The second-order valence-corrected chi connectivity index (χ2v) is 8.90. The average molecular weight is 420 g/mol. The zero-order valence-corrected chi connectivity index (χ0v) is 20.0. The lowest BCUT2D eigenvalue weighted by molar-refractivity contribution is 0.314. The molecule has 0 aromatic heterocycles. The molecule has 1 aliphatic heterocycles. The van der Waals surface area contributed by atoms with Crippen LogP contribution in [-0.4, -0.2) is 24.5 Å².